The molecule has 0 aliphatic carbocycles. The zero-order valence-corrected chi connectivity index (χ0v) is 11.8. The van der Waals surface area contributed by atoms with E-state index in [2.05, 4.69) is 0 Å². The van der Waals surface area contributed by atoms with Crippen LogP contribution in [-0.2, 0) is 16.0 Å². The molecule has 0 saturated carbocycles. The molecule has 1 N–H and O–H groups in total. The molecule has 0 spiro atoms. The number of nitro groups is 1. The lowest BCUT2D eigenvalue weighted by Crippen LogP contribution is -2.35. The van der Waals surface area contributed by atoms with Crippen molar-refractivity contribution in [2.75, 3.05) is 13.1 Å². The van der Waals surface area contributed by atoms with E-state index in [-0.39, 0.29) is 31.0 Å². The van der Waals surface area contributed by atoms with Crippen molar-refractivity contribution in [2.45, 2.75) is 26.2 Å². The van der Waals surface area contributed by atoms with Gasteiger partial charge in [-0.1, -0.05) is 25.1 Å². The lowest BCUT2D eigenvalue weighted by atomic mass is 10.1. The molecule has 1 aromatic carbocycles. The Labute approximate surface area is 122 Å². The predicted molar refractivity (Wildman–Crippen MR) is 75.9 cm³/mol. The molecule has 114 valence electrons. The first-order valence-corrected chi connectivity index (χ1v) is 6.67. The number of para-hydroxylation sites is 1. The normalized spacial score (nSPS) is 10.1. The zero-order valence-electron chi connectivity index (χ0n) is 11.8. The molecular formula is C14H18N2O5. The summed E-state index contributed by atoms with van der Waals surface area (Å²) in [4.78, 5) is 34.6. The summed E-state index contributed by atoms with van der Waals surface area (Å²) in [6, 6.07) is 6.07. The number of nitrogens with zero attached hydrogens (tertiary/aromatic N) is 2. The largest absolute Gasteiger partial charge is 0.481 e. The molecule has 0 aromatic heterocycles. The van der Waals surface area contributed by atoms with Gasteiger partial charge in [-0.25, -0.2) is 0 Å². The first-order chi connectivity index (χ1) is 9.95. The van der Waals surface area contributed by atoms with Crippen molar-refractivity contribution in [1.82, 2.24) is 4.90 Å². The van der Waals surface area contributed by atoms with Crippen LogP contribution in [0.1, 0.15) is 25.3 Å². The minimum atomic E-state index is -0.977. The summed E-state index contributed by atoms with van der Waals surface area (Å²) in [5.74, 6) is -1.28. The van der Waals surface area contributed by atoms with Gasteiger partial charge in [-0.15, -0.1) is 0 Å². The number of hydrogen-bond donors (Lipinski definition) is 1. The van der Waals surface area contributed by atoms with Crippen LogP contribution in [0.25, 0.3) is 0 Å². The summed E-state index contributed by atoms with van der Waals surface area (Å²) < 4.78 is 0. The molecule has 1 rings (SSSR count). The average Bonchev–Trinajstić information content (AvgIpc) is 2.43. The number of amides is 1. The van der Waals surface area contributed by atoms with Gasteiger partial charge in [0.2, 0.25) is 5.91 Å². The molecule has 0 heterocycles. The van der Waals surface area contributed by atoms with Gasteiger partial charge < -0.3 is 10.0 Å². The standard InChI is InChI=1S/C14H18N2O5/c1-2-8-15(9-7-14(18)19)13(17)10-11-5-3-4-6-12(11)16(20)21/h3-6H,2,7-10H2,1H3,(H,18,19). The summed E-state index contributed by atoms with van der Waals surface area (Å²) in [5.41, 5.74) is 0.240. The van der Waals surface area contributed by atoms with Crippen LogP contribution in [0.3, 0.4) is 0 Å². The van der Waals surface area contributed by atoms with E-state index in [0.29, 0.717) is 18.5 Å². The van der Waals surface area contributed by atoms with Gasteiger partial charge in [-0.3, -0.25) is 19.7 Å². The van der Waals surface area contributed by atoms with Crippen LogP contribution in [0.5, 0.6) is 0 Å². The molecule has 0 fully saturated rings. The molecule has 0 unspecified atom stereocenters. The van der Waals surface area contributed by atoms with Gasteiger partial charge in [0.15, 0.2) is 0 Å². The average molecular weight is 294 g/mol. The Morgan fingerprint density at radius 3 is 2.52 bits per heavy atom. The Kier molecular flexibility index (Phi) is 6.32. The number of carboxylic acid groups (broad SMARTS) is 1. The van der Waals surface area contributed by atoms with E-state index in [0.717, 1.165) is 0 Å². The number of rotatable bonds is 8. The summed E-state index contributed by atoms with van der Waals surface area (Å²) in [5, 5.41) is 19.6. The predicted octanol–water partition coefficient (Wildman–Crippen LogP) is 1.85. The Bertz CT molecular complexity index is 530. The highest BCUT2D eigenvalue weighted by atomic mass is 16.6. The van der Waals surface area contributed by atoms with Crippen molar-refractivity contribution in [3.8, 4) is 0 Å². The molecule has 1 amide bonds. The third-order valence-electron chi connectivity index (χ3n) is 2.97. The van der Waals surface area contributed by atoms with Crippen molar-refractivity contribution < 1.29 is 19.6 Å². The number of hydrogen-bond acceptors (Lipinski definition) is 4. The summed E-state index contributed by atoms with van der Waals surface area (Å²) in [6.07, 6.45) is 0.460. The van der Waals surface area contributed by atoms with E-state index < -0.39 is 10.9 Å². The number of carbonyl (C=O) groups excluding carboxylic acids is 1. The monoisotopic (exact) mass is 294 g/mol. The van der Waals surface area contributed by atoms with Crippen molar-refractivity contribution >= 4 is 17.6 Å². The molecule has 7 nitrogen and oxygen atoms in total. The third-order valence-corrected chi connectivity index (χ3v) is 2.97. The molecule has 0 radical (unpaired) electrons. The molecule has 0 saturated heterocycles. The van der Waals surface area contributed by atoms with E-state index in [1.807, 2.05) is 6.92 Å². The summed E-state index contributed by atoms with van der Waals surface area (Å²) in [6.45, 7) is 2.43. The number of carboxylic acids is 1. The van der Waals surface area contributed by atoms with E-state index in [1.54, 1.807) is 12.1 Å². The highest BCUT2D eigenvalue weighted by Gasteiger charge is 2.19. The zero-order chi connectivity index (χ0) is 15.8. The fraction of sp³-hybridized carbons (Fsp3) is 0.429. The van der Waals surface area contributed by atoms with Crippen molar-refractivity contribution in [3.05, 3.63) is 39.9 Å². The molecule has 0 aliphatic rings. The Morgan fingerprint density at radius 2 is 1.95 bits per heavy atom. The molecule has 0 bridgehead atoms. The van der Waals surface area contributed by atoms with Crippen molar-refractivity contribution in [1.29, 1.82) is 0 Å². The van der Waals surface area contributed by atoms with Crippen LogP contribution in [0.2, 0.25) is 0 Å². The SMILES string of the molecule is CCCN(CCC(=O)O)C(=O)Cc1ccccc1[N+](=O)[O-]. The Balaban J connectivity index is 2.81. The van der Waals surface area contributed by atoms with Gasteiger partial charge in [0.05, 0.1) is 17.8 Å². The molecule has 1 aromatic rings. The van der Waals surface area contributed by atoms with Gasteiger partial charge in [0.25, 0.3) is 5.69 Å². The van der Waals surface area contributed by atoms with E-state index in [1.165, 1.54) is 17.0 Å². The smallest absolute Gasteiger partial charge is 0.305 e. The maximum absolute atomic E-state index is 12.2. The van der Waals surface area contributed by atoms with Crippen molar-refractivity contribution in [2.24, 2.45) is 0 Å². The Hall–Kier alpha value is -2.44. The van der Waals surface area contributed by atoms with Gasteiger partial charge >= 0.3 is 5.97 Å². The molecule has 0 aliphatic heterocycles. The molecule has 21 heavy (non-hydrogen) atoms. The fourth-order valence-corrected chi connectivity index (χ4v) is 1.97. The number of nitro benzene ring substituents is 1. The quantitative estimate of drug-likeness (QED) is 0.582. The van der Waals surface area contributed by atoms with Crippen LogP contribution >= 0.6 is 0 Å². The van der Waals surface area contributed by atoms with E-state index in [4.69, 9.17) is 5.11 Å². The van der Waals surface area contributed by atoms with Gasteiger partial charge in [0, 0.05) is 24.7 Å². The van der Waals surface area contributed by atoms with Crippen LogP contribution in [-0.4, -0.2) is 39.9 Å². The second kappa shape index (κ2) is 7.98. The van der Waals surface area contributed by atoms with Crippen LogP contribution in [0.4, 0.5) is 5.69 Å². The highest BCUT2D eigenvalue weighted by Crippen LogP contribution is 2.19. The second-order valence-electron chi connectivity index (χ2n) is 4.59. The number of aliphatic carboxylic acids is 1. The maximum Gasteiger partial charge on any atom is 0.305 e. The number of benzene rings is 1. The van der Waals surface area contributed by atoms with Crippen LogP contribution in [0, 0.1) is 10.1 Å². The Morgan fingerprint density at radius 1 is 1.29 bits per heavy atom. The van der Waals surface area contributed by atoms with Gasteiger partial charge in [-0.2, -0.15) is 0 Å². The maximum atomic E-state index is 12.2. The van der Waals surface area contributed by atoms with Crippen LogP contribution < -0.4 is 0 Å². The van der Waals surface area contributed by atoms with Gasteiger partial charge in [-0.05, 0) is 6.42 Å². The third kappa shape index (κ3) is 5.21. The van der Waals surface area contributed by atoms with Crippen molar-refractivity contribution in [3.63, 3.8) is 0 Å². The highest BCUT2D eigenvalue weighted by molar-refractivity contribution is 5.80. The van der Waals surface area contributed by atoms with Gasteiger partial charge in [0.1, 0.15) is 0 Å². The topological polar surface area (TPSA) is 101 Å². The fourth-order valence-electron chi connectivity index (χ4n) is 1.97. The summed E-state index contributed by atoms with van der Waals surface area (Å²) in [7, 11) is 0. The number of carbonyl (C=O) groups is 2. The lowest BCUT2D eigenvalue weighted by Gasteiger charge is -2.21. The first-order valence-electron chi connectivity index (χ1n) is 6.67. The summed E-state index contributed by atoms with van der Waals surface area (Å²) >= 11 is 0. The second-order valence-corrected chi connectivity index (χ2v) is 4.59. The van der Waals surface area contributed by atoms with E-state index in [9.17, 15) is 19.7 Å². The first kappa shape index (κ1) is 16.6. The minimum absolute atomic E-state index is 0.0967. The van der Waals surface area contributed by atoms with E-state index >= 15 is 0 Å². The minimum Gasteiger partial charge on any atom is -0.481 e. The van der Waals surface area contributed by atoms with Crippen LogP contribution in [0.15, 0.2) is 24.3 Å². The lowest BCUT2D eigenvalue weighted by molar-refractivity contribution is -0.385. The molecule has 7 heteroatoms. The molecular weight excluding hydrogens is 276 g/mol. The molecule has 0 atom stereocenters.